The fourth-order valence-corrected chi connectivity index (χ4v) is 3.61. The van der Waals surface area contributed by atoms with Crippen LogP contribution in [0.1, 0.15) is 38.9 Å². The highest BCUT2D eigenvalue weighted by molar-refractivity contribution is 5.89. The van der Waals surface area contributed by atoms with Crippen molar-refractivity contribution < 1.29 is 22.9 Å². The number of amides is 3. The molecule has 168 valence electrons. The van der Waals surface area contributed by atoms with Gasteiger partial charge >= 0.3 is 6.03 Å². The van der Waals surface area contributed by atoms with E-state index >= 15 is 0 Å². The molecule has 0 spiro atoms. The quantitative estimate of drug-likeness (QED) is 0.721. The molecular formula is C21H27F2N5O3. The van der Waals surface area contributed by atoms with Crippen molar-refractivity contribution in [2.75, 3.05) is 25.0 Å². The SMILES string of the molecule is CC(=O)N(CCc1noc(CC(C)C)n1)C1CCN(C(=O)Nc2cc(F)ccc2F)C1. The minimum atomic E-state index is -0.715. The summed E-state index contributed by atoms with van der Waals surface area (Å²) in [5.41, 5.74) is -0.216. The highest BCUT2D eigenvalue weighted by atomic mass is 19.1. The molecule has 1 atom stereocenters. The number of rotatable bonds is 7. The Morgan fingerprint density at radius 2 is 2.13 bits per heavy atom. The number of hydrogen-bond acceptors (Lipinski definition) is 5. The third-order valence-electron chi connectivity index (χ3n) is 5.14. The van der Waals surface area contributed by atoms with Crippen molar-refractivity contribution in [2.45, 2.75) is 46.1 Å². The first-order valence-electron chi connectivity index (χ1n) is 10.3. The largest absolute Gasteiger partial charge is 0.339 e. The lowest BCUT2D eigenvalue weighted by molar-refractivity contribution is -0.130. The van der Waals surface area contributed by atoms with E-state index in [1.165, 1.54) is 11.8 Å². The van der Waals surface area contributed by atoms with E-state index in [1.54, 1.807) is 4.90 Å². The Hall–Kier alpha value is -3.04. The predicted molar refractivity (Wildman–Crippen MR) is 109 cm³/mol. The van der Waals surface area contributed by atoms with Crippen LogP contribution in [0.25, 0.3) is 0 Å². The molecule has 3 rings (SSSR count). The third kappa shape index (κ3) is 5.99. The first kappa shape index (κ1) is 22.6. The van der Waals surface area contributed by atoms with Gasteiger partial charge in [-0.3, -0.25) is 4.79 Å². The number of nitrogens with one attached hydrogen (secondary N) is 1. The molecule has 3 amide bonds. The van der Waals surface area contributed by atoms with Gasteiger partial charge in [-0.2, -0.15) is 4.98 Å². The summed E-state index contributed by atoms with van der Waals surface area (Å²) in [4.78, 5) is 32.2. The molecule has 1 N–H and O–H groups in total. The van der Waals surface area contributed by atoms with Gasteiger partial charge in [-0.15, -0.1) is 0 Å². The van der Waals surface area contributed by atoms with Crippen LogP contribution in [-0.2, 0) is 17.6 Å². The van der Waals surface area contributed by atoms with E-state index in [4.69, 9.17) is 4.52 Å². The maximum Gasteiger partial charge on any atom is 0.321 e. The van der Waals surface area contributed by atoms with Crippen molar-refractivity contribution in [3.8, 4) is 0 Å². The lowest BCUT2D eigenvalue weighted by Gasteiger charge is -2.27. The molecule has 0 radical (unpaired) electrons. The first-order valence-corrected chi connectivity index (χ1v) is 10.3. The van der Waals surface area contributed by atoms with Gasteiger partial charge in [0.1, 0.15) is 11.6 Å². The number of halogens is 2. The second-order valence-electron chi connectivity index (χ2n) is 8.11. The maximum absolute atomic E-state index is 13.8. The zero-order valence-electron chi connectivity index (χ0n) is 17.9. The summed E-state index contributed by atoms with van der Waals surface area (Å²) in [6.45, 7) is 6.70. The summed E-state index contributed by atoms with van der Waals surface area (Å²) >= 11 is 0. The predicted octanol–water partition coefficient (Wildman–Crippen LogP) is 3.24. The summed E-state index contributed by atoms with van der Waals surface area (Å²) in [5, 5.41) is 6.36. The molecule has 8 nitrogen and oxygen atoms in total. The highest BCUT2D eigenvalue weighted by Crippen LogP contribution is 2.20. The fraction of sp³-hybridized carbons (Fsp3) is 0.524. The molecule has 1 fully saturated rings. The van der Waals surface area contributed by atoms with Crippen molar-refractivity contribution >= 4 is 17.6 Å². The molecule has 0 aliphatic carbocycles. The average molecular weight is 435 g/mol. The number of aromatic nitrogens is 2. The van der Waals surface area contributed by atoms with Gasteiger partial charge in [0.05, 0.1) is 11.7 Å². The molecule has 1 saturated heterocycles. The lowest BCUT2D eigenvalue weighted by atomic mass is 10.1. The summed E-state index contributed by atoms with van der Waals surface area (Å²) in [6.07, 6.45) is 1.73. The molecule has 2 heterocycles. The molecule has 0 saturated carbocycles. The minimum absolute atomic E-state index is 0.116. The van der Waals surface area contributed by atoms with Crippen molar-refractivity contribution in [1.82, 2.24) is 19.9 Å². The Kier molecular flexibility index (Phi) is 7.19. The van der Waals surface area contributed by atoms with Gasteiger partial charge in [-0.05, 0) is 24.5 Å². The number of likely N-dealkylation sites (tertiary alicyclic amines) is 1. The monoisotopic (exact) mass is 435 g/mol. The summed E-state index contributed by atoms with van der Waals surface area (Å²) < 4.78 is 32.3. The molecule has 1 aliphatic rings. The molecule has 1 unspecified atom stereocenters. The second kappa shape index (κ2) is 9.84. The van der Waals surface area contributed by atoms with Crippen LogP contribution in [0.3, 0.4) is 0 Å². The number of carbonyl (C=O) groups is 2. The van der Waals surface area contributed by atoms with Crippen molar-refractivity contribution in [1.29, 1.82) is 0 Å². The number of hydrogen-bond donors (Lipinski definition) is 1. The number of urea groups is 1. The maximum atomic E-state index is 13.8. The van der Waals surface area contributed by atoms with Crippen LogP contribution in [0.2, 0.25) is 0 Å². The van der Waals surface area contributed by atoms with Gasteiger partial charge in [-0.25, -0.2) is 13.6 Å². The highest BCUT2D eigenvalue weighted by Gasteiger charge is 2.32. The van der Waals surface area contributed by atoms with E-state index in [0.717, 1.165) is 18.2 Å². The van der Waals surface area contributed by atoms with Gasteiger partial charge in [-0.1, -0.05) is 19.0 Å². The summed E-state index contributed by atoms with van der Waals surface area (Å²) in [5.74, 6) is 0.0427. The van der Waals surface area contributed by atoms with Crippen molar-refractivity contribution in [3.63, 3.8) is 0 Å². The van der Waals surface area contributed by atoms with Crippen LogP contribution in [-0.4, -0.2) is 57.6 Å². The fourth-order valence-electron chi connectivity index (χ4n) is 3.61. The van der Waals surface area contributed by atoms with Gasteiger partial charge in [0.2, 0.25) is 11.8 Å². The smallest absolute Gasteiger partial charge is 0.321 e. The van der Waals surface area contributed by atoms with Crippen LogP contribution in [0.5, 0.6) is 0 Å². The van der Waals surface area contributed by atoms with Gasteiger partial charge < -0.3 is 19.6 Å². The van der Waals surface area contributed by atoms with Crippen LogP contribution in [0.4, 0.5) is 19.3 Å². The number of benzene rings is 1. The normalized spacial score (nSPS) is 16.1. The molecule has 2 aromatic rings. The van der Waals surface area contributed by atoms with E-state index in [0.29, 0.717) is 56.5 Å². The Labute approximate surface area is 179 Å². The zero-order chi connectivity index (χ0) is 22.5. The Morgan fingerprint density at radius 3 is 2.84 bits per heavy atom. The average Bonchev–Trinajstić information content (AvgIpc) is 3.34. The Balaban J connectivity index is 1.56. The van der Waals surface area contributed by atoms with Crippen LogP contribution in [0.15, 0.2) is 22.7 Å². The zero-order valence-corrected chi connectivity index (χ0v) is 17.9. The molecular weight excluding hydrogens is 408 g/mol. The van der Waals surface area contributed by atoms with Gasteiger partial charge in [0.25, 0.3) is 0 Å². The molecule has 31 heavy (non-hydrogen) atoms. The summed E-state index contributed by atoms with van der Waals surface area (Å²) in [7, 11) is 0. The van der Waals surface area contributed by atoms with Crippen LogP contribution < -0.4 is 5.32 Å². The number of anilines is 1. The number of nitrogens with zero attached hydrogens (tertiary/aromatic N) is 4. The molecule has 1 aromatic heterocycles. The van der Waals surface area contributed by atoms with Gasteiger partial charge in [0, 0.05) is 45.5 Å². The Bertz CT molecular complexity index is 933. The van der Waals surface area contributed by atoms with E-state index in [2.05, 4.69) is 29.3 Å². The third-order valence-corrected chi connectivity index (χ3v) is 5.14. The van der Waals surface area contributed by atoms with Crippen molar-refractivity contribution in [2.24, 2.45) is 5.92 Å². The van der Waals surface area contributed by atoms with E-state index in [1.807, 2.05) is 0 Å². The van der Waals surface area contributed by atoms with Crippen LogP contribution in [0, 0.1) is 17.6 Å². The molecule has 10 heteroatoms. The molecule has 1 aromatic carbocycles. The van der Waals surface area contributed by atoms with E-state index in [9.17, 15) is 18.4 Å². The topological polar surface area (TPSA) is 91.6 Å². The standard InChI is InChI=1S/C21H27F2N5O3/c1-13(2)10-20-25-19(26-31-20)7-9-28(14(3)29)16-6-8-27(12-16)21(30)24-18-11-15(22)4-5-17(18)23/h4-5,11,13,16H,6-10,12H2,1-3H3,(H,24,30). The lowest BCUT2D eigenvalue weighted by Crippen LogP contribution is -2.43. The van der Waals surface area contributed by atoms with Crippen molar-refractivity contribution in [3.05, 3.63) is 41.5 Å². The van der Waals surface area contributed by atoms with Gasteiger partial charge in [0.15, 0.2) is 5.82 Å². The minimum Gasteiger partial charge on any atom is -0.339 e. The molecule has 0 bridgehead atoms. The Morgan fingerprint density at radius 1 is 1.35 bits per heavy atom. The second-order valence-corrected chi connectivity index (χ2v) is 8.11. The number of carbonyl (C=O) groups excluding carboxylic acids is 2. The summed E-state index contributed by atoms with van der Waals surface area (Å²) in [6, 6.07) is 2.16. The van der Waals surface area contributed by atoms with Crippen LogP contribution >= 0.6 is 0 Å². The van der Waals surface area contributed by atoms with E-state index < -0.39 is 17.7 Å². The molecule has 1 aliphatic heterocycles. The van der Waals surface area contributed by atoms with E-state index in [-0.39, 0.29) is 17.6 Å². The first-order chi connectivity index (χ1) is 14.7.